The summed E-state index contributed by atoms with van der Waals surface area (Å²) in [6.45, 7) is 2.43. The number of rotatable bonds is 2. The van der Waals surface area contributed by atoms with Crippen molar-refractivity contribution in [1.29, 1.82) is 0 Å². The molecule has 1 heterocycles. The molecule has 4 heteroatoms. The van der Waals surface area contributed by atoms with Crippen molar-refractivity contribution in [2.75, 3.05) is 18.0 Å². The van der Waals surface area contributed by atoms with Crippen molar-refractivity contribution in [2.24, 2.45) is 0 Å². The number of allylic oxidation sites excluding steroid dienone is 1. The zero-order valence-electron chi connectivity index (χ0n) is 9.64. The number of hydrogen-bond donors (Lipinski definition) is 1. The topological polar surface area (TPSA) is 49.4 Å². The summed E-state index contributed by atoms with van der Waals surface area (Å²) < 4.78 is 0. The Balaban J connectivity index is 2.45. The molecule has 0 saturated carbocycles. The molecule has 0 spiro atoms. The molecule has 1 aromatic carbocycles. The zero-order chi connectivity index (χ0) is 12.3. The number of para-hydroxylation sites is 1. The van der Waals surface area contributed by atoms with Gasteiger partial charge in [0.25, 0.3) is 5.91 Å². The lowest BCUT2D eigenvalue weighted by Gasteiger charge is -2.20. The molecular weight excluding hydrogens is 216 g/mol. The summed E-state index contributed by atoms with van der Waals surface area (Å²) >= 11 is 0. The Morgan fingerprint density at radius 3 is 2.88 bits per heavy atom. The molecule has 0 radical (unpaired) electrons. The average molecular weight is 230 g/mol. The van der Waals surface area contributed by atoms with E-state index in [0.29, 0.717) is 17.8 Å². The van der Waals surface area contributed by atoms with E-state index >= 15 is 0 Å². The molecule has 0 atom stereocenters. The number of amides is 2. The molecule has 2 amide bonds. The summed E-state index contributed by atoms with van der Waals surface area (Å²) in [7, 11) is 0. The van der Waals surface area contributed by atoms with Gasteiger partial charge in [0.05, 0.1) is 17.8 Å². The Labute approximate surface area is 99.9 Å². The second kappa shape index (κ2) is 4.82. The standard InChI is InChI=1S/C13H14N2O2/c1-2-3-8-15-11-7-5-4-6-10(11)13(17)14-9-12(15)16/h2-7H,8-9H2,1H3,(H,14,17)/b3-2+. The maximum atomic E-state index is 11.9. The SMILES string of the molecule is C/C=C/CN1C(=O)CNC(=O)c2ccccc21. The molecule has 1 aliphatic rings. The lowest BCUT2D eigenvalue weighted by Crippen LogP contribution is -2.36. The van der Waals surface area contributed by atoms with Crippen LogP contribution in [0.25, 0.3) is 0 Å². The highest BCUT2D eigenvalue weighted by Gasteiger charge is 2.24. The summed E-state index contributed by atoms with van der Waals surface area (Å²) in [6, 6.07) is 7.14. The van der Waals surface area contributed by atoms with Gasteiger partial charge in [0.1, 0.15) is 0 Å². The van der Waals surface area contributed by atoms with E-state index in [2.05, 4.69) is 5.32 Å². The largest absolute Gasteiger partial charge is 0.343 e. The van der Waals surface area contributed by atoms with E-state index in [9.17, 15) is 9.59 Å². The molecule has 0 saturated heterocycles. The fourth-order valence-electron chi connectivity index (χ4n) is 1.79. The molecule has 1 N–H and O–H groups in total. The van der Waals surface area contributed by atoms with Crippen LogP contribution in [0, 0.1) is 0 Å². The molecule has 0 aromatic heterocycles. The first-order chi connectivity index (χ1) is 8.24. The molecule has 1 aliphatic heterocycles. The smallest absolute Gasteiger partial charge is 0.253 e. The first-order valence-electron chi connectivity index (χ1n) is 5.53. The highest BCUT2D eigenvalue weighted by molar-refractivity contribution is 6.09. The zero-order valence-corrected chi connectivity index (χ0v) is 9.64. The van der Waals surface area contributed by atoms with E-state index in [1.807, 2.05) is 25.1 Å². The number of benzene rings is 1. The van der Waals surface area contributed by atoms with Crippen molar-refractivity contribution in [3.63, 3.8) is 0 Å². The first kappa shape index (κ1) is 11.4. The van der Waals surface area contributed by atoms with E-state index in [1.165, 1.54) is 0 Å². The first-order valence-corrected chi connectivity index (χ1v) is 5.53. The Morgan fingerprint density at radius 1 is 1.35 bits per heavy atom. The minimum absolute atomic E-state index is 0.0467. The van der Waals surface area contributed by atoms with Crippen LogP contribution in [0.15, 0.2) is 36.4 Å². The van der Waals surface area contributed by atoms with Gasteiger partial charge in [0.15, 0.2) is 0 Å². The molecule has 17 heavy (non-hydrogen) atoms. The third kappa shape index (κ3) is 2.20. The molecule has 88 valence electrons. The van der Waals surface area contributed by atoms with Crippen LogP contribution in [0.3, 0.4) is 0 Å². The van der Waals surface area contributed by atoms with E-state index in [4.69, 9.17) is 0 Å². The molecular formula is C13H14N2O2. The maximum Gasteiger partial charge on any atom is 0.253 e. The Bertz CT molecular complexity index is 480. The van der Waals surface area contributed by atoms with E-state index in [-0.39, 0.29) is 18.4 Å². The number of hydrogen-bond acceptors (Lipinski definition) is 2. The van der Waals surface area contributed by atoms with Gasteiger partial charge in [-0.3, -0.25) is 9.59 Å². The van der Waals surface area contributed by atoms with Crippen LogP contribution in [0.5, 0.6) is 0 Å². The number of anilines is 1. The second-order valence-corrected chi connectivity index (χ2v) is 3.77. The molecule has 4 nitrogen and oxygen atoms in total. The summed E-state index contributed by atoms with van der Waals surface area (Å²) in [4.78, 5) is 25.3. The van der Waals surface area contributed by atoms with Crippen LogP contribution < -0.4 is 10.2 Å². The summed E-state index contributed by atoms with van der Waals surface area (Å²) in [5.41, 5.74) is 1.22. The second-order valence-electron chi connectivity index (χ2n) is 3.77. The highest BCUT2D eigenvalue weighted by atomic mass is 16.2. The van der Waals surface area contributed by atoms with Gasteiger partial charge in [-0.2, -0.15) is 0 Å². The number of nitrogens with one attached hydrogen (secondary N) is 1. The van der Waals surface area contributed by atoms with E-state index < -0.39 is 0 Å². The van der Waals surface area contributed by atoms with Gasteiger partial charge in [-0.25, -0.2) is 0 Å². The number of carbonyl (C=O) groups is 2. The van der Waals surface area contributed by atoms with Gasteiger partial charge in [-0.15, -0.1) is 0 Å². The predicted octanol–water partition coefficient (Wildman–Crippen LogP) is 1.34. The fraction of sp³-hybridized carbons (Fsp3) is 0.231. The molecule has 0 unspecified atom stereocenters. The number of nitrogens with zero attached hydrogens (tertiary/aromatic N) is 1. The Morgan fingerprint density at radius 2 is 2.12 bits per heavy atom. The van der Waals surface area contributed by atoms with Crippen molar-refractivity contribution in [3.8, 4) is 0 Å². The van der Waals surface area contributed by atoms with Crippen molar-refractivity contribution in [1.82, 2.24) is 5.32 Å². The van der Waals surface area contributed by atoms with Gasteiger partial charge >= 0.3 is 0 Å². The molecule has 0 fully saturated rings. The Hall–Kier alpha value is -2.10. The van der Waals surface area contributed by atoms with Crippen molar-refractivity contribution in [2.45, 2.75) is 6.92 Å². The van der Waals surface area contributed by atoms with Crippen LogP contribution in [0.2, 0.25) is 0 Å². The van der Waals surface area contributed by atoms with Crippen LogP contribution >= 0.6 is 0 Å². The summed E-state index contributed by atoms with van der Waals surface area (Å²) in [5.74, 6) is -0.293. The lowest BCUT2D eigenvalue weighted by atomic mass is 10.1. The monoisotopic (exact) mass is 230 g/mol. The fourth-order valence-corrected chi connectivity index (χ4v) is 1.79. The van der Waals surface area contributed by atoms with Crippen LogP contribution in [-0.4, -0.2) is 24.9 Å². The summed E-state index contributed by atoms with van der Waals surface area (Å²) in [6.07, 6.45) is 3.78. The molecule has 0 aliphatic carbocycles. The highest BCUT2D eigenvalue weighted by Crippen LogP contribution is 2.22. The number of fused-ring (bicyclic) bond motifs is 1. The maximum absolute atomic E-state index is 11.9. The van der Waals surface area contributed by atoms with Gasteiger partial charge < -0.3 is 10.2 Å². The van der Waals surface area contributed by atoms with Crippen LogP contribution in [-0.2, 0) is 4.79 Å². The minimum atomic E-state index is -0.197. The van der Waals surface area contributed by atoms with Gasteiger partial charge in [-0.05, 0) is 19.1 Å². The average Bonchev–Trinajstić information content (AvgIpc) is 2.47. The van der Waals surface area contributed by atoms with Crippen molar-refractivity contribution >= 4 is 17.5 Å². The van der Waals surface area contributed by atoms with Crippen molar-refractivity contribution in [3.05, 3.63) is 42.0 Å². The normalized spacial score (nSPS) is 15.7. The molecule has 2 rings (SSSR count). The van der Waals surface area contributed by atoms with Gasteiger partial charge in [-0.1, -0.05) is 24.3 Å². The van der Waals surface area contributed by atoms with Gasteiger partial charge in [0.2, 0.25) is 5.91 Å². The molecule has 0 bridgehead atoms. The minimum Gasteiger partial charge on any atom is -0.343 e. The predicted molar refractivity (Wildman–Crippen MR) is 65.9 cm³/mol. The van der Waals surface area contributed by atoms with E-state index in [1.54, 1.807) is 23.1 Å². The summed E-state index contributed by atoms with van der Waals surface area (Å²) in [5, 5.41) is 2.60. The third-order valence-corrected chi connectivity index (χ3v) is 2.66. The molecule has 1 aromatic rings. The van der Waals surface area contributed by atoms with Gasteiger partial charge in [0, 0.05) is 6.54 Å². The van der Waals surface area contributed by atoms with Crippen LogP contribution in [0.1, 0.15) is 17.3 Å². The quantitative estimate of drug-likeness (QED) is 0.779. The third-order valence-electron chi connectivity index (χ3n) is 2.66. The van der Waals surface area contributed by atoms with E-state index in [0.717, 1.165) is 0 Å². The van der Waals surface area contributed by atoms with Crippen LogP contribution in [0.4, 0.5) is 5.69 Å². The Kier molecular flexibility index (Phi) is 3.23. The lowest BCUT2D eigenvalue weighted by molar-refractivity contribution is -0.117. The van der Waals surface area contributed by atoms with Crippen molar-refractivity contribution < 1.29 is 9.59 Å². The number of carbonyl (C=O) groups excluding carboxylic acids is 2.